The average Bonchev–Trinajstić information content (AvgIpc) is 2.40. The summed E-state index contributed by atoms with van der Waals surface area (Å²) in [7, 11) is 0. The molecule has 1 aliphatic heterocycles. The maximum absolute atomic E-state index is 12.3. The Kier molecular flexibility index (Phi) is 5.16. The van der Waals surface area contributed by atoms with E-state index in [-0.39, 0.29) is 25.4 Å². The number of hydrogen-bond donors (Lipinski definition) is 1. The molecule has 0 spiro atoms. The van der Waals surface area contributed by atoms with Crippen molar-refractivity contribution >= 4 is 18.5 Å². The summed E-state index contributed by atoms with van der Waals surface area (Å²) >= 11 is 4.17. The Balaban J connectivity index is 1.81. The largest absolute Gasteiger partial charge is 0.401 e. The van der Waals surface area contributed by atoms with Gasteiger partial charge in [0.1, 0.15) is 0 Å². The van der Waals surface area contributed by atoms with Crippen LogP contribution in [0, 0.1) is 0 Å². The topological polar surface area (TPSA) is 23.6 Å². The fraction of sp³-hybridized carbons (Fsp3) is 0.500. The van der Waals surface area contributed by atoms with Crippen LogP contribution in [0.2, 0.25) is 0 Å². The van der Waals surface area contributed by atoms with Crippen LogP contribution in [-0.4, -0.2) is 54.6 Å². The van der Waals surface area contributed by atoms with Gasteiger partial charge < -0.3 is 4.90 Å². The summed E-state index contributed by atoms with van der Waals surface area (Å²) in [4.78, 5) is 15.9. The number of carbonyl (C=O) groups excluding carboxylic acids is 1. The highest BCUT2D eigenvalue weighted by molar-refractivity contribution is 7.80. The molecule has 0 bridgehead atoms. The second-order valence-electron chi connectivity index (χ2n) is 5.12. The fourth-order valence-corrected chi connectivity index (χ4v) is 2.46. The number of amides is 1. The summed E-state index contributed by atoms with van der Waals surface area (Å²) in [6.45, 7) is 0.319. The number of piperazine rings is 1. The summed E-state index contributed by atoms with van der Waals surface area (Å²) in [6.07, 6.45) is -3.91. The minimum Gasteiger partial charge on any atom is -0.340 e. The molecule has 0 unspecified atom stereocenters. The second kappa shape index (κ2) is 6.70. The van der Waals surface area contributed by atoms with Crippen molar-refractivity contribution < 1.29 is 18.0 Å². The zero-order valence-corrected chi connectivity index (χ0v) is 12.3. The molecule has 0 radical (unpaired) electrons. The molecule has 2 rings (SSSR count). The number of hydrogen-bond acceptors (Lipinski definition) is 3. The van der Waals surface area contributed by atoms with Crippen LogP contribution in [0.3, 0.4) is 0 Å². The van der Waals surface area contributed by atoms with E-state index in [4.69, 9.17) is 0 Å². The van der Waals surface area contributed by atoms with Crippen molar-refractivity contribution in [1.82, 2.24) is 9.80 Å². The van der Waals surface area contributed by atoms with Gasteiger partial charge in [0.25, 0.3) is 0 Å². The van der Waals surface area contributed by atoms with Gasteiger partial charge in [-0.2, -0.15) is 13.2 Å². The summed E-state index contributed by atoms with van der Waals surface area (Å²) in [5, 5.41) is 0. The van der Waals surface area contributed by atoms with Crippen LogP contribution < -0.4 is 0 Å². The Morgan fingerprint density at radius 3 is 2.19 bits per heavy atom. The zero-order chi connectivity index (χ0) is 15.5. The molecule has 0 aliphatic carbocycles. The van der Waals surface area contributed by atoms with Gasteiger partial charge in [-0.1, -0.05) is 12.1 Å². The van der Waals surface area contributed by atoms with E-state index >= 15 is 0 Å². The number of nitrogens with zero attached hydrogens (tertiary/aromatic N) is 2. The number of halogens is 3. The molecule has 7 heteroatoms. The monoisotopic (exact) mass is 318 g/mol. The molecular formula is C14H17F3N2OS. The SMILES string of the molecule is O=C(Cc1ccc(S)cc1)N1CCN(CC(F)(F)F)CC1. The van der Waals surface area contributed by atoms with Crippen molar-refractivity contribution in [2.45, 2.75) is 17.5 Å². The molecule has 0 N–H and O–H groups in total. The van der Waals surface area contributed by atoms with Crippen LogP contribution in [-0.2, 0) is 11.2 Å². The molecule has 1 fully saturated rings. The maximum atomic E-state index is 12.3. The van der Waals surface area contributed by atoms with E-state index in [0.717, 1.165) is 10.5 Å². The Labute approximate surface area is 127 Å². The molecule has 1 aromatic carbocycles. The van der Waals surface area contributed by atoms with E-state index in [0.29, 0.717) is 13.1 Å². The van der Waals surface area contributed by atoms with Gasteiger partial charge in [-0.05, 0) is 17.7 Å². The molecule has 1 saturated heterocycles. The maximum Gasteiger partial charge on any atom is 0.401 e. The minimum absolute atomic E-state index is 0.0476. The van der Waals surface area contributed by atoms with Gasteiger partial charge in [0.2, 0.25) is 5.91 Å². The lowest BCUT2D eigenvalue weighted by Crippen LogP contribution is -2.51. The van der Waals surface area contributed by atoms with Crippen molar-refractivity contribution in [2.24, 2.45) is 0 Å². The predicted molar refractivity (Wildman–Crippen MR) is 76.5 cm³/mol. The lowest BCUT2D eigenvalue weighted by molar-refractivity contribution is -0.151. The van der Waals surface area contributed by atoms with Crippen molar-refractivity contribution in [3.05, 3.63) is 29.8 Å². The highest BCUT2D eigenvalue weighted by Crippen LogP contribution is 2.18. The van der Waals surface area contributed by atoms with Gasteiger partial charge in [0.05, 0.1) is 13.0 Å². The van der Waals surface area contributed by atoms with E-state index in [2.05, 4.69) is 12.6 Å². The summed E-state index contributed by atoms with van der Waals surface area (Å²) in [6, 6.07) is 7.29. The normalized spacial score (nSPS) is 17.0. The van der Waals surface area contributed by atoms with Crippen molar-refractivity contribution in [3.63, 3.8) is 0 Å². The third-order valence-electron chi connectivity index (χ3n) is 3.42. The molecule has 1 amide bonds. The number of carbonyl (C=O) groups is 1. The van der Waals surface area contributed by atoms with Crippen LogP contribution in [0.25, 0.3) is 0 Å². The minimum atomic E-state index is -4.18. The highest BCUT2D eigenvalue weighted by Gasteiger charge is 2.32. The summed E-state index contributed by atoms with van der Waals surface area (Å²) < 4.78 is 36.9. The number of thiol groups is 1. The molecule has 116 valence electrons. The lowest BCUT2D eigenvalue weighted by Gasteiger charge is -2.35. The average molecular weight is 318 g/mol. The van der Waals surface area contributed by atoms with Crippen molar-refractivity contribution in [2.75, 3.05) is 32.7 Å². The summed E-state index contributed by atoms with van der Waals surface area (Å²) in [5.74, 6) is -0.0476. The molecule has 1 aliphatic rings. The van der Waals surface area contributed by atoms with E-state index in [1.54, 1.807) is 4.90 Å². The first-order valence-corrected chi connectivity index (χ1v) is 7.13. The highest BCUT2D eigenvalue weighted by atomic mass is 32.1. The molecule has 0 atom stereocenters. The molecule has 1 aromatic rings. The third-order valence-corrected chi connectivity index (χ3v) is 3.72. The molecule has 3 nitrogen and oxygen atoms in total. The van der Waals surface area contributed by atoms with Gasteiger partial charge in [0.15, 0.2) is 0 Å². The van der Waals surface area contributed by atoms with E-state index in [9.17, 15) is 18.0 Å². The zero-order valence-electron chi connectivity index (χ0n) is 11.4. The first kappa shape index (κ1) is 16.2. The van der Waals surface area contributed by atoms with Crippen LogP contribution in [0.5, 0.6) is 0 Å². The molecule has 0 aromatic heterocycles. The van der Waals surface area contributed by atoms with Gasteiger partial charge in [-0.3, -0.25) is 9.69 Å². The smallest absolute Gasteiger partial charge is 0.340 e. The van der Waals surface area contributed by atoms with E-state index in [1.165, 1.54) is 4.90 Å². The van der Waals surface area contributed by atoms with Gasteiger partial charge >= 0.3 is 6.18 Å². The van der Waals surface area contributed by atoms with Crippen molar-refractivity contribution in [3.8, 4) is 0 Å². The van der Waals surface area contributed by atoms with Gasteiger partial charge in [-0.15, -0.1) is 12.6 Å². The predicted octanol–water partition coefficient (Wildman–Crippen LogP) is 2.22. The van der Waals surface area contributed by atoms with E-state index in [1.807, 2.05) is 24.3 Å². The molecule has 21 heavy (non-hydrogen) atoms. The quantitative estimate of drug-likeness (QED) is 0.864. The van der Waals surface area contributed by atoms with Gasteiger partial charge in [0, 0.05) is 31.1 Å². The Hall–Kier alpha value is -1.21. The standard InChI is InChI=1S/C14H17F3N2OS/c15-14(16,17)10-18-5-7-19(8-6-18)13(20)9-11-1-3-12(21)4-2-11/h1-4,21H,5-10H2. The number of rotatable bonds is 3. The first-order valence-electron chi connectivity index (χ1n) is 6.68. The van der Waals surface area contributed by atoms with Crippen LogP contribution in [0.15, 0.2) is 29.2 Å². The third kappa shape index (κ3) is 5.24. The van der Waals surface area contributed by atoms with Crippen LogP contribution in [0.4, 0.5) is 13.2 Å². The Bertz CT molecular complexity index is 482. The summed E-state index contributed by atoms with van der Waals surface area (Å²) in [5.41, 5.74) is 0.885. The Morgan fingerprint density at radius 1 is 1.10 bits per heavy atom. The number of alkyl halides is 3. The first-order chi connectivity index (χ1) is 9.83. The molecular weight excluding hydrogens is 301 g/mol. The van der Waals surface area contributed by atoms with Crippen LogP contribution in [0.1, 0.15) is 5.56 Å². The van der Waals surface area contributed by atoms with E-state index < -0.39 is 12.7 Å². The Morgan fingerprint density at radius 2 is 1.67 bits per heavy atom. The second-order valence-corrected chi connectivity index (χ2v) is 5.63. The lowest BCUT2D eigenvalue weighted by atomic mass is 10.1. The van der Waals surface area contributed by atoms with Gasteiger partial charge in [-0.25, -0.2) is 0 Å². The molecule has 0 saturated carbocycles. The van der Waals surface area contributed by atoms with Crippen LogP contribution >= 0.6 is 12.6 Å². The fourth-order valence-electron chi connectivity index (χ4n) is 2.31. The van der Waals surface area contributed by atoms with Crippen molar-refractivity contribution in [1.29, 1.82) is 0 Å². The number of benzene rings is 1. The molecule has 1 heterocycles.